The Morgan fingerprint density at radius 1 is 1.60 bits per heavy atom. The Morgan fingerprint density at radius 2 is 2.40 bits per heavy atom. The number of anilines is 1. The van der Waals surface area contributed by atoms with E-state index in [2.05, 4.69) is 10.3 Å². The second kappa shape index (κ2) is 6.63. The number of thioether (sulfide) groups is 1. The van der Waals surface area contributed by atoms with Crippen molar-refractivity contribution in [1.29, 1.82) is 0 Å². The second-order valence-electron chi connectivity index (χ2n) is 3.15. The van der Waals surface area contributed by atoms with Crippen LogP contribution in [0.15, 0.2) is 18.2 Å². The van der Waals surface area contributed by atoms with Crippen LogP contribution in [0.3, 0.4) is 0 Å². The molecule has 84 valence electrons. The SMILES string of the molecule is CSC[C@H](CCO)Nc1cccc(F)n1. The fourth-order valence-electron chi connectivity index (χ4n) is 1.25. The maximum absolute atomic E-state index is 12.8. The average Bonchev–Trinajstić information content (AvgIpc) is 2.18. The van der Waals surface area contributed by atoms with Gasteiger partial charge in [0.25, 0.3) is 0 Å². The molecule has 1 heterocycles. The molecule has 0 amide bonds. The zero-order valence-electron chi connectivity index (χ0n) is 8.61. The van der Waals surface area contributed by atoms with Crippen LogP contribution in [-0.2, 0) is 0 Å². The number of pyridine rings is 1. The summed E-state index contributed by atoms with van der Waals surface area (Å²) in [6.45, 7) is 0.119. The van der Waals surface area contributed by atoms with Gasteiger partial charge in [0.05, 0.1) is 0 Å². The number of aliphatic hydroxyl groups excluding tert-OH is 1. The van der Waals surface area contributed by atoms with E-state index >= 15 is 0 Å². The Balaban J connectivity index is 2.56. The summed E-state index contributed by atoms with van der Waals surface area (Å²) in [7, 11) is 0. The van der Waals surface area contributed by atoms with Gasteiger partial charge in [-0.2, -0.15) is 16.2 Å². The summed E-state index contributed by atoms with van der Waals surface area (Å²) in [5.74, 6) is 0.882. The van der Waals surface area contributed by atoms with Crippen molar-refractivity contribution < 1.29 is 9.50 Å². The molecule has 0 radical (unpaired) electrons. The zero-order chi connectivity index (χ0) is 11.1. The van der Waals surface area contributed by atoms with Crippen molar-refractivity contribution in [2.75, 3.05) is 23.9 Å². The Bertz CT molecular complexity index is 293. The van der Waals surface area contributed by atoms with Gasteiger partial charge in [-0.15, -0.1) is 0 Å². The minimum atomic E-state index is -0.494. The third-order valence-electron chi connectivity index (χ3n) is 1.91. The van der Waals surface area contributed by atoms with E-state index in [1.807, 2.05) is 6.26 Å². The fourth-order valence-corrected chi connectivity index (χ4v) is 1.90. The summed E-state index contributed by atoms with van der Waals surface area (Å²) in [4.78, 5) is 3.71. The Hall–Kier alpha value is -0.810. The van der Waals surface area contributed by atoms with Gasteiger partial charge in [0.15, 0.2) is 0 Å². The molecule has 0 saturated carbocycles. The molecule has 3 nitrogen and oxygen atoms in total. The highest BCUT2D eigenvalue weighted by Crippen LogP contribution is 2.10. The van der Waals surface area contributed by atoms with E-state index in [9.17, 15) is 4.39 Å². The molecule has 1 aromatic heterocycles. The van der Waals surface area contributed by atoms with E-state index in [0.29, 0.717) is 12.2 Å². The molecular weight excluding hydrogens is 215 g/mol. The summed E-state index contributed by atoms with van der Waals surface area (Å²) in [6, 6.07) is 4.76. The molecule has 15 heavy (non-hydrogen) atoms. The van der Waals surface area contributed by atoms with Crippen LogP contribution in [0.4, 0.5) is 10.2 Å². The van der Waals surface area contributed by atoms with Crippen LogP contribution in [0, 0.1) is 5.95 Å². The van der Waals surface area contributed by atoms with Crippen molar-refractivity contribution in [1.82, 2.24) is 4.98 Å². The van der Waals surface area contributed by atoms with Gasteiger partial charge in [-0.05, 0) is 24.8 Å². The van der Waals surface area contributed by atoms with Gasteiger partial charge in [-0.25, -0.2) is 4.98 Å². The quantitative estimate of drug-likeness (QED) is 0.731. The van der Waals surface area contributed by atoms with Crippen molar-refractivity contribution in [2.45, 2.75) is 12.5 Å². The van der Waals surface area contributed by atoms with Crippen LogP contribution >= 0.6 is 11.8 Å². The van der Waals surface area contributed by atoms with Crippen LogP contribution in [0.2, 0.25) is 0 Å². The third kappa shape index (κ3) is 4.48. The number of aromatic nitrogens is 1. The Kier molecular flexibility index (Phi) is 5.42. The molecule has 0 aliphatic carbocycles. The average molecular weight is 230 g/mol. The van der Waals surface area contributed by atoms with Crippen molar-refractivity contribution >= 4 is 17.6 Å². The first-order valence-electron chi connectivity index (χ1n) is 4.75. The highest BCUT2D eigenvalue weighted by Gasteiger charge is 2.07. The van der Waals surface area contributed by atoms with Crippen LogP contribution < -0.4 is 5.32 Å². The van der Waals surface area contributed by atoms with Gasteiger partial charge in [-0.1, -0.05) is 6.07 Å². The first kappa shape index (κ1) is 12.3. The second-order valence-corrected chi connectivity index (χ2v) is 4.07. The lowest BCUT2D eigenvalue weighted by molar-refractivity contribution is 0.282. The molecule has 0 aliphatic heterocycles. The Morgan fingerprint density at radius 3 is 3.00 bits per heavy atom. The number of hydrogen-bond donors (Lipinski definition) is 2. The maximum atomic E-state index is 12.8. The lowest BCUT2D eigenvalue weighted by Gasteiger charge is -2.16. The standard InChI is InChI=1S/C10H15FN2OS/c1-15-7-8(5-6-14)12-10-4-2-3-9(11)13-10/h2-4,8,14H,5-7H2,1H3,(H,12,13)/t8-/m0/s1. The smallest absolute Gasteiger partial charge is 0.214 e. The predicted octanol–water partition coefficient (Wildman–Crippen LogP) is 1.75. The van der Waals surface area contributed by atoms with E-state index in [4.69, 9.17) is 5.11 Å². The highest BCUT2D eigenvalue weighted by molar-refractivity contribution is 7.98. The van der Waals surface area contributed by atoms with E-state index in [-0.39, 0.29) is 12.6 Å². The highest BCUT2D eigenvalue weighted by atomic mass is 32.2. The molecule has 2 N–H and O–H groups in total. The van der Waals surface area contributed by atoms with Gasteiger partial charge >= 0.3 is 0 Å². The fraction of sp³-hybridized carbons (Fsp3) is 0.500. The van der Waals surface area contributed by atoms with Gasteiger partial charge in [0, 0.05) is 18.4 Å². The summed E-state index contributed by atoms with van der Waals surface area (Å²) >= 11 is 1.68. The number of rotatable bonds is 6. The molecule has 0 fully saturated rings. The van der Waals surface area contributed by atoms with Crippen LogP contribution in [0.1, 0.15) is 6.42 Å². The molecule has 1 rings (SSSR count). The molecule has 0 aromatic carbocycles. The monoisotopic (exact) mass is 230 g/mol. The third-order valence-corrected chi connectivity index (χ3v) is 2.65. The first-order valence-corrected chi connectivity index (χ1v) is 6.14. The van der Waals surface area contributed by atoms with E-state index < -0.39 is 5.95 Å². The minimum absolute atomic E-state index is 0.119. The molecular formula is C10H15FN2OS. The number of halogens is 1. The topological polar surface area (TPSA) is 45.1 Å². The number of nitrogens with zero attached hydrogens (tertiary/aromatic N) is 1. The Labute approximate surface area is 93.1 Å². The molecule has 0 unspecified atom stereocenters. The summed E-state index contributed by atoms with van der Waals surface area (Å²) in [6.07, 6.45) is 2.63. The molecule has 1 atom stereocenters. The van der Waals surface area contributed by atoms with Crippen LogP contribution in [0.5, 0.6) is 0 Å². The number of nitrogens with one attached hydrogen (secondary N) is 1. The molecule has 5 heteroatoms. The summed E-state index contributed by atoms with van der Waals surface area (Å²) < 4.78 is 12.8. The number of hydrogen-bond acceptors (Lipinski definition) is 4. The maximum Gasteiger partial charge on any atom is 0.214 e. The largest absolute Gasteiger partial charge is 0.396 e. The molecule has 0 saturated heterocycles. The normalized spacial score (nSPS) is 12.5. The van der Waals surface area contributed by atoms with E-state index in [1.54, 1.807) is 23.9 Å². The van der Waals surface area contributed by atoms with Crippen molar-refractivity contribution in [2.24, 2.45) is 0 Å². The zero-order valence-corrected chi connectivity index (χ0v) is 9.43. The lowest BCUT2D eigenvalue weighted by atomic mass is 10.2. The van der Waals surface area contributed by atoms with Gasteiger partial charge in [-0.3, -0.25) is 0 Å². The molecule has 0 spiro atoms. The van der Waals surface area contributed by atoms with Gasteiger partial charge < -0.3 is 10.4 Å². The van der Waals surface area contributed by atoms with Crippen LogP contribution in [0.25, 0.3) is 0 Å². The molecule has 0 aliphatic rings. The summed E-state index contributed by atoms with van der Waals surface area (Å²) in [5, 5.41) is 11.9. The van der Waals surface area contributed by atoms with Gasteiger partial charge in [0.2, 0.25) is 5.95 Å². The van der Waals surface area contributed by atoms with Gasteiger partial charge in [0.1, 0.15) is 5.82 Å². The molecule has 1 aromatic rings. The van der Waals surface area contributed by atoms with Crippen molar-refractivity contribution in [3.8, 4) is 0 Å². The van der Waals surface area contributed by atoms with E-state index in [1.165, 1.54) is 6.07 Å². The summed E-state index contributed by atoms with van der Waals surface area (Å²) in [5.41, 5.74) is 0. The van der Waals surface area contributed by atoms with Crippen LogP contribution in [-0.4, -0.2) is 34.7 Å². The predicted molar refractivity (Wildman–Crippen MR) is 61.7 cm³/mol. The first-order chi connectivity index (χ1) is 7.26. The van der Waals surface area contributed by atoms with E-state index in [0.717, 1.165) is 5.75 Å². The lowest BCUT2D eigenvalue weighted by Crippen LogP contribution is -2.24. The van der Waals surface area contributed by atoms with Crippen molar-refractivity contribution in [3.63, 3.8) is 0 Å². The van der Waals surface area contributed by atoms with Crippen molar-refractivity contribution in [3.05, 3.63) is 24.1 Å². The minimum Gasteiger partial charge on any atom is -0.396 e. The number of aliphatic hydroxyl groups is 1. The molecule has 0 bridgehead atoms.